The van der Waals surface area contributed by atoms with E-state index in [2.05, 4.69) is 0 Å². The third-order valence-electron chi connectivity index (χ3n) is 2.48. The molecule has 17 heavy (non-hydrogen) atoms. The van der Waals surface area contributed by atoms with Crippen LogP contribution in [0.25, 0.3) is 0 Å². The number of nitrogens with zero attached hydrogens (tertiary/aromatic N) is 2. The van der Waals surface area contributed by atoms with Crippen LogP contribution >= 0.6 is 0 Å². The van der Waals surface area contributed by atoms with Crippen LogP contribution in [0.4, 0.5) is 0 Å². The number of carbonyl (C=O) groups excluding carboxylic acids is 1. The number of hydrogen-bond donors (Lipinski definition) is 3. The predicted octanol–water partition coefficient (Wildman–Crippen LogP) is -1.29. The number of amides is 1. The molecule has 0 bridgehead atoms. The first-order valence-electron chi connectivity index (χ1n) is 5.29. The Bertz CT molecular complexity index is 353. The fraction of sp³-hybridized carbons (Fsp3) is 0.600. The fourth-order valence-electron chi connectivity index (χ4n) is 1.61. The molecule has 0 aromatic carbocycles. The molecule has 0 aliphatic carbocycles. The summed E-state index contributed by atoms with van der Waals surface area (Å²) in [6.45, 7) is 1.97. The Balaban J connectivity index is 2.77. The van der Waals surface area contributed by atoms with Crippen LogP contribution in [0.2, 0.25) is 0 Å². The van der Waals surface area contributed by atoms with Gasteiger partial charge in [0.15, 0.2) is 0 Å². The van der Waals surface area contributed by atoms with Crippen molar-refractivity contribution in [1.29, 1.82) is 0 Å². The van der Waals surface area contributed by atoms with E-state index in [9.17, 15) is 9.59 Å². The average molecular weight is 242 g/mol. The van der Waals surface area contributed by atoms with E-state index in [-0.39, 0.29) is 12.3 Å². The number of rotatable bonds is 4. The lowest BCUT2D eigenvalue weighted by Crippen LogP contribution is -2.43. The van der Waals surface area contributed by atoms with Crippen molar-refractivity contribution in [2.45, 2.75) is 25.4 Å². The number of aliphatic carboxylic acids is 1. The number of carboxylic acid groups (broad SMARTS) is 1. The minimum absolute atomic E-state index is 0.109. The van der Waals surface area contributed by atoms with Crippen molar-refractivity contribution in [2.24, 2.45) is 11.5 Å². The van der Waals surface area contributed by atoms with Crippen LogP contribution in [0, 0.1) is 0 Å². The van der Waals surface area contributed by atoms with Crippen molar-refractivity contribution in [3.05, 3.63) is 11.9 Å². The molecular weight excluding hydrogens is 224 g/mol. The molecule has 0 radical (unpaired) electrons. The molecule has 0 aromatic heterocycles. The van der Waals surface area contributed by atoms with Gasteiger partial charge in [-0.25, -0.2) is 0 Å². The summed E-state index contributed by atoms with van der Waals surface area (Å²) in [5.74, 6) is -1.33. The maximum Gasteiger partial charge on any atom is 0.320 e. The van der Waals surface area contributed by atoms with Gasteiger partial charge in [0, 0.05) is 25.4 Å². The van der Waals surface area contributed by atoms with Gasteiger partial charge in [-0.15, -0.1) is 0 Å². The molecule has 0 saturated carbocycles. The molecule has 0 aromatic rings. The van der Waals surface area contributed by atoms with Gasteiger partial charge in [0.1, 0.15) is 6.04 Å². The maximum absolute atomic E-state index is 11.8. The third-order valence-corrected chi connectivity index (χ3v) is 2.48. The molecule has 7 nitrogen and oxygen atoms in total. The molecule has 5 N–H and O–H groups in total. The van der Waals surface area contributed by atoms with Gasteiger partial charge in [0.2, 0.25) is 5.91 Å². The largest absolute Gasteiger partial charge is 0.480 e. The van der Waals surface area contributed by atoms with Gasteiger partial charge in [-0.3, -0.25) is 14.5 Å². The Morgan fingerprint density at radius 3 is 2.59 bits per heavy atom. The van der Waals surface area contributed by atoms with Crippen LogP contribution in [0.15, 0.2) is 11.9 Å². The van der Waals surface area contributed by atoms with Crippen LogP contribution < -0.4 is 11.5 Å². The van der Waals surface area contributed by atoms with E-state index in [4.69, 9.17) is 16.6 Å². The van der Waals surface area contributed by atoms with E-state index in [0.29, 0.717) is 12.4 Å². The van der Waals surface area contributed by atoms with E-state index in [0.717, 1.165) is 0 Å². The molecule has 96 valence electrons. The first-order chi connectivity index (χ1) is 7.82. The van der Waals surface area contributed by atoms with Crippen LogP contribution in [0.5, 0.6) is 0 Å². The van der Waals surface area contributed by atoms with Crippen LogP contribution in [0.1, 0.15) is 13.3 Å². The smallest absolute Gasteiger partial charge is 0.320 e. The zero-order chi connectivity index (χ0) is 13.2. The third kappa shape index (κ3) is 3.18. The second-order valence-electron chi connectivity index (χ2n) is 4.22. The Hall–Kier alpha value is -1.60. The lowest BCUT2D eigenvalue weighted by Gasteiger charge is -2.23. The van der Waals surface area contributed by atoms with Gasteiger partial charge in [0.25, 0.3) is 0 Å². The second-order valence-corrected chi connectivity index (χ2v) is 4.22. The number of carbonyl (C=O) groups is 2. The highest BCUT2D eigenvalue weighted by molar-refractivity contribution is 5.83. The lowest BCUT2D eigenvalue weighted by atomic mass is 10.1. The van der Waals surface area contributed by atoms with Gasteiger partial charge in [-0.2, -0.15) is 0 Å². The SMILES string of the molecule is C[C@H](N)C(=O)N1CN(C)C=C1C[C@H](N)C(=O)O. The Morgan fingerprint density at radius 1 is 1.53 bits per heavy atom. The van der Waals surface area contributed by atoms with Crippen molar-refractivity contribution in [1.82, 2.24) is 9.80 Å². The predicted molar refractivity (Wildman–Crippen MR) is 61.4 cm³/mol. The number of carboxylic acids is 1. The van der Waals surface area contributed by atoms with Crippen LogP contribution in [0.3, 0.4) is 0 Å². The summed E-state index contributed by atoms with van der Waals surface area (Å²) in [4.78, 5) is 25.7. The topological polar surface area (TPSA) is 113 Å². The summed E-state index contributed by atoms with van der Waals surface area (Å²) in [5, 5.41) is 8.75. The van der Waals surface area contributed by atoms with Crippen molar-refractivity contribution in [2.75, 3.05) is 13.7 Å². The molecule has 0 unspecified atom stereocenters. The van der Waals surface area contributed by atoms with Gasteiger partial charge in [0.05, 0.1) is 12.7 Å². The van der Waals surface area contributed by atoms with Crippen LogP contribution in [-0.2, 0) is 9.59 Å². The average Bonchev–Trinajstić information content (AvgIpc) is 2.57. The quantitative estimate of drug-likeness (QED) is 0.565. The van der Waals surface area contributed by atoms with Crippen LogP contribution in [-0.4, -0.2) is 52.6 Å². The van der Waals surface area contributed by atoms with Gasteiger partial charge in [-0.1, -0.05) is 0 Å². The fourth-order valence-corrected chi connectivity index (χ4v) is 1.61. The highest BCUT2D eigenvalue weighted by Crippen LogP contribution is 2.19. The summed E-state index contributed by atoms with van der Waals surface area (Å²) >= 11 is 0. The molecule has 0 spiro atoms. The zero-order valence-electron chi connectivity index (χ0n) is 9.96. The van der Waals surface area contributed by atoms with Crippen molar-refractivity contribution < 1.29 is 14.7 Å². The minimum Gasteiger partial charge on any atom is -0.480 e. The van der Waals surface area contributed by atoms with Gasteiger partial charge in [-0.05, 0) is 6.92 Å². The van der Waals surface area contributed by atoms with Crippen molar-refractivity contribution in [3.8, 4) is 0 Å². The molecular formula is C10H18N4O3. The summed E-state index contributed by atoms with van der Waals surface area (Å²) in [5.41, 5.74) is 11.6. The monoisotopic (exact) mass is 242 g/mol. The molecule has 0 saturated heterocycles. The molecule has 1 aliphatic heterocycles. The Labute approximate surface area is 99.6 Å². The lowest BCUT2D eigenvalue weighted by molar-refractivity contribution is -0.139. The van der Waals surface area contributed by atoms with Gasteiger partial charge >= 0.3 is 5.97 Å². The summed E-state index contributed by atoms with van der Waals surface area (Å²) in [6.07, 6.45) is 1.82. The van der Waals surface area contributed by atoms with E-state index in [1.165, 1.54) is 4.90 Å². The Kier molecular flexibility index (Phi) is 4.08. The number of hydrogen-bond acceptors (Lipinski definition) is 5. The van der Waals surface area contributed by atoms with E-state index in [1.54, 1.807) is 25.1 Å². The molecule has 2 atom stereocenters. The molecule has 0 fully saturated rings. The number of nitrogens with two attached hydrogens (primary N) is 2. The normalized spacial score (nSPS) is 18.9. The molecule has 1 rings (SSSR count). The molecule has 7 heteroatoms. The van der Waals surface area contributed by atoms with Gasteiger partial charge < -0.3 is 21.5 Å². The highest BCUT2D eigenvalue weighted by atomic mass is 16.4. The van der Waals surface area contributed by atoms with Crippen molar-refractivity contribution in [3.63, 3.8) is 0 Å². The zero-order valence-corrected chi connectivity index (χ0v) is 9.96. The standard InChI is InChI=1S/C10H18N4O3/c1-6(11)9(15)14-5-13(2)4-7(14)3-8(12)10(16)17/h4,6,8H,3,5,11-12H2,1-2H3,(H,16,17)/t6-,8-/m0/s1. The summed E-state index contributed by atoms with van der Waals surface area (Å²) in [6, 6.07) is -1.64. The van der Waals surface area contributed by atoms with E-state index in [1.807, 2.05) is 0 Å². The molecule has 1 heterocycles. The minimum atomic E-state index is -1.09. The second kappa shape index (κ2) is 5.15. The molecule has 1 amide bonds. The van der Waals surface area contributed by atoms with Crippen molar-refractivity contribution >= 4 is 11.9 Å². The van der Waals surface area contributed by atoms with E-state index < -0.39 is 18.1 Å². The summed E-state index contributed by atoms with van der Waals surface area (Å²) < 4.78 is 0. The first kappa shape index (κ1) is 13.5. The molecule has 1 aliphatic rings. The maximum atomic E-state index is 11.8. The summed E-state index contributed by atoms with van der Waals surface area (Å²) in [7, 11) is 1.79. The Morgan fingerprint density at radius 2 is 2.12 bits per heavy atom. The first-order valence-corrected chi connectivity index (χ1v) is 5.29. The van der Waals surface area contributed by atoms with E-state index >= 15 is 0 Å². The highest BCUT2D eigenvalue weighted by Gasteiger charge is 2.29.